The fraction of sp³-hybridized carbons (Fsp3) is 0.357. The zero-order chi connectivity index (χ0) is 13.2. The van der Waals surface area contributed by atoms with Crippen LogP contribution >= 0.6 is 0 Å². The first-order valence-corrected chi connectivity index (χ1v) is 6.50. The lowest BCUT2D eigenvalue weighted by molar-refractivity contribution is 0.627. The van der Waals surface area contributed by atoms with Crippen LogP contribution in [-0.4, -0.2) is 22.6 Å². The molecule has 100 valence electrons. The average molecular weight is 260 g/mol. The second-order valence-electron chi connectivity index (χ2n) is 4.84. The van der Waals surface area contributed by atoms with E-state index in [0.29, 0.717) is 13.1 Å². The summed E-state index contributed by atoms with van der Waals surface area (Å²) in [5.74, 6) is -0.181. The summed E-state index contributed by atoms with van der Waals surface area (Å²) in [6.07, 6.45) is 4.77. The molecule has 3 rings (SSSR count). The van der Waals surface area contributed by atoms with E-state index in [0.717, 1.165) is 30.9 Å². The van der Waals surface area contributed by atoms with Gasteiger partial charge in [0.1, 0.15) is 5.82 Å². The molecule has 19 heavy (non-hydrogen) atoms. The molecular formula is C14H17FN4. The lowest BCUT2D eigenvalue weighted by Crippen LogP contribution is -2.20. The van der Waals surface area contributed by atoms with Gasteiger partial charge < -0.3 is 15.2 Å². The first-order chi connectivity index (χ1) is 9.26. The van der Waals surface area contributed by atoms with Crippen molar-refractivity contribution in [1.82, 2.24) is 9.55 Å². The summed E-state index contributed by atoms with van der Waals surface area (Å²) in [7, 11) is 0. The first-order valence-electron chi connectivity index (χ1n) is 6.50. The van der Waals surface area contributed by atoms with E-state index in [1.165, 1.54) is 11.6 Å². The molecule has 1 aromatic carbocycles. The highest BCUT2D eigenvalue weighted by Crippen LogP contribution is 2.29. The molecule has 1 aromatic heterocycles. The summed E-state index contributed by atoms with van der Waals surface area (Å²) >= 11 is 0. The van der Waals surface area contributed by atoms with Crippen LogP contribution in [0.5, 0.6) is 0 Å². The third kappa shape index (κ3) is 2.46. The molecule has 0 atom stereocenters. The van der Waals surface area contributed by atoms with E-state index in [9.17, 15) is 4.39 Å². The van der Waals surface area contributed by atoms with Crippen molar-refractivity contribution in [1.29, 1.82) is 0 Å². The number of nitrogens with zero attached hydrogens (tertiary/aromatic N) is 3. The highest BCUT2D eigenvalue weighted by Gasteiger charge is 2.20. The number of halogens is 1. The van der Waals surface area contributed by atoms with Crippen molar-refractivity contribution in [3.63, 3.8) is 0 Å². The van der Waals surface area contributed by atoms with Crippen molar-refractivity contribution in [3.8, 4) is 0 Å². The van der Waals surface area contributed by atoms with Crippen molar-refractivity contribution in [2.24, 2.45) is 5.73 Å². The van der Waals surface area contributed by atoms with E-state index in [2.05, 4.69) is 9.88 Å². The van der Waals surface area contributed by atoms with Crippen LogP contribution in [0.1, 0.15) is 11.3 Å². The van der Waals surface area contributed by atoms with E-state index in [4.69, 9.17) is 5.73 Å². The van der Waals surface area contributed by atoms with Gasteiger partial charge in [0, 0.05) is 31.5 Å². The lowest BCUT2D eigenvalue weighted by atomic mass is 10.2. The molecule has 0 fully saturated rings. The van der Waals surface area contributed by atoms with Gasteiger partial charge in [-0.1, -0.05) is 6.07 Å². The minimum Gasteiger partial charge on any atom is -0.365 e. The van der Waals surface area contributed by atoms with Gasteiger partial charge in [-0.15, -0.1) is 0 Å². The van der Waals surface area contributed by atoms with Crippen LogP contribution in [0.15, 0.2) is 30.7 Å². The van der Waals surface area contributed by atoms with Gasteiger partial charge in [-0.3, -0.25) is 0 Å². The summed E-state index contributed by atoms with van der Waals surface area (Å²) in [4.78, 5) is 6.54. The van der Waals surface area contributed by atoms with Gasteiger partial charge in [0.25, 0.3) is 0 Å². The van der Waals surface area contributed by atoms with Crippen molar-refractivity contribution < 1.29 is 4.39 Å². The molecule has 0 radical (unpaired) electrons. The molecule has 0 aliphatic carbocycles. The fourth-order valence-corrected chi connectivity index (χ4v) is 2.54. The van der Waals surface area contributed by atoms with Gasteiger partial charge in [0.2, 0.25) is 0 Å². The molecule has 2 heterocycles. The summed E-state index contributed by atoms with van der Waals surface area (Å²) < 4.78 is 15.3. The number of hydrogen-bond donors (Lipinski definition) is 1. The van der Waals surface area contributed by atoms with E-state index in [-0.39, 0.29) is 5.82 Å². The molecule has 1 aliphatic heterocycles. The molecule has 5 heteroatoms. The van der Waals surface area contributed by atoms with Crippen LogP contribution < -0.4 is 10.6 Å². The predicted molar refractivity (Wildman–Crippen MR) is 72.4 cm³/mol. The Morgan fingerprint density at radius 2 is 2.26 bits per heavy atom. The number of imidazole rings is 1. The Kier molecular flexibility index (Phi) is 3.21. The van der Waals surface area contributed by atoms with Crippen molar-refractivity contribution >= 4 is 5.69 Å². The molecule has 0 bridgehead atoms. The summed E-state index contributed by atoms with van der Waals surface area (Å²) in [6.45, 7) is 3.02. The van der Waals surface area contributed by atoms with Gasteiger partial charge in [-0.25, -0.2) is 9.37 Å². The molecule has 2 N–H and O–H groups in total. The molecule has 0 unspecified atom stereocenters. The van der Waals surface area contributed by atoms with Crippen molar-refractivity contribution in [2.45, 2.75) is 19.5 Å². The molecule has 0 saturated heterocycles. The molecule has 0 saturated carbocycles. The third-order valence-corrected chi connectivity index (χ3v) is 3.47. The Balaban J connectivity index is 1.76. The number of rotatable bonds is 4. The SMILES string of the molecule is NCCn1cnc(CN2CCc3ccc(F)cc32)c1. The molecule has 4 nitrogen and oxygen atoms in total. The van der Waals surface area contributed by atoms with Gasteiger partial charge in [0.05, 0.1) is 18.6 Å². The second kappa shape index (κ2) is 5.01. The Bertz CT molecular complexity index is 579. The van der Waals surface area contributed by atoms with Gasteiger partial charge in [-0.2, -0.15) is 0 Å². The van der Waals surface area contributed by atoms with Crippen molar-refractivity contribution in [3.05, 3.63) is 47.8 Å². The second-order valence-corrected chi connectivity index (χ2v) is 4.84. The van der Waals surface area contributed by atoms with E-state index in [1.807, 2.05) is 16.8 Å². The summed E-state index contributed by atoms with van der Waals surface area (Å²) in [5.41, 5.74) is 8.71. The maximum Gasteiger partial charge on any atom is 0.125 e. The zero-order valence-corrected chi connectivity index (χ0v) is 10.7. The summed E-state index contributed by atoms with van der Waals surface area (Å²) in [6, 6.07) is 5.01. The van der Waals surface area contributed by atoms with Gasteiger partial charge in [0.15, 0.2) is 0 Å². The van der Waals surface area contributed by atoms with Crippen LogP contribution in [0.4, 0.5) is 10.1 Å². The highest BCUT2D eigenvalue weighted by molar-refractivity contribution is 5.58. The Morgan fingerprint density at radius 3 is 3.11 bits per heavy atom. The normalized spacial score (nSPS) is 13.9. The highest BCUT2D eigenvalue weighted by atomic mass is 19.1. The Morgan fingerprint density at radius 1 is 1.37 bits per heavy atom. The quantitative estimate of drug-likeness (QED) is 0.907. The Hall–Kier alpha value is -1.88. The minimum absolute atomic E-state index is 0.181. The number of nitrogens with two attached hydrogens (primary N) is 1. The number of fused-ring (bicyclic) bond motifs is 1. The molecule has 0 spiro atoms. The number of aromatic nitrogens is 2. The number of hydrogen-bond acceptors (Lipinski definition) is 3. The average Bonchev–Trinajstić information content (AvgIpc) is 2.98. The van der Waals surface area contributed by atoms with Crippen LogP contribution in [0.25, 0.3) is 0 Å². The maximum atomic E-state index is 13.3. The van der Waals surface area contributed by atoms with Crippen LogP contribution in [0, 0.1) is 5.82 Å². The van der Waals surface area contributed by atoms with Crippen LogP contribution in [-0.2, 0) is 19.5 Å². The standard InChI is InChI=1S/C14H17FN4/c15-12-2-1-11-3-5-19(14(11)7-12)9-13-8-18(6-4-16)10-17-13/h1-2,7-8,10H,3-6,9,16H2. The van der Waals surface area contributed by atoms with Gasteiger partial charge in [-0.05, 0) is 24.1 Å². The van der Waals surface area contributed by atoms with E-state index >= 15 is 0 Å². The third-order valence-electron chi connectivity index (χ3n) is 3.47. The molecular weight excluding hydrogens is 243 g/mol. The summed E-state index contributed by atoms with van der Waals surface area (Å²) in [5, 5.41) is 0. The fourth-order valence-electron chi connectivity index (χ4n) is 2.54. The first kappa shape index (κ1) is 12.2. The van der Waals surface area contributed by atoms with Crippen LogP contribution in [0.2, 0.25) is 0 Å². The van der Waals surface area contributed by atoms with E-state index in [1.54, 1.807) is 12.4 Å². The zero-order valence-electron chi connectivity index (χ0n) is 10.7. The molecule has 1 aliphatic rings. The molecule has 2 aromatic rings. The van der Waals surface area contributed by atoms with Crippen molar-refractivity contribution in [2.75, 3.05) is 18.0 Å². The predicted octanol–water partition coefficient (Wildman–Crippen LogP) is 1.54. The van der Waals surface area contributed by atoms with Gasteiger partial charge >= 0.3 is 0 Å². The lowest BCUT2D eigenvalue weighted by Gasteiger charge is -2.17. The maximum absolute atomic E-state index is 13.3. The number of anilines is 1. The minimum atomic E-state index is -0.181. The monoisotopic (exact) mass is 260 g/mol. The van der Waals surface area contributed by atoms with E-state index < -0.39 is 0 Å². The number of benzene rings is 1. The largest absolute Gasteiger partial charge is 0.365 e. The smallest absolute Gasteiger partial charge is 0.125 e. The Labute approximate surface area is 111 Å². The topological polar surface area (TPSA) is 47.1 Å². The van der Waals surface area contributed by atoms with Crippen LogP contribution in [0.3, 0.4) is 0 Å². The molecule has 0 amide bonds.